The first-order valence-electron chi connectivity index (χ1n) is 11.2. The third kappa shape index (κ3) is 8.02. The number of imidazole rings is 1. The molecule has 4 heteroatoms. The Labute approximate surface area is 189 Å². The van der Waals surface area contributed by atoms with Crippen molar-refractivity contribution < 1.29 is 33.7 Å². The number of unbranched alkanes of at least 4 members (excludes halogenated alkanes) is 9. The number of hydrogen-bond donors (Lipinski definition) is 1. The molecule has 0 aliphatic heterocycles. The predicted octanol–water partition coefficient (Wildman–Crippen LogP) is 2.47. The van der Waals surface area contributed by atoms with Crippen LogP contribution in [-0.2, 0) is 20.5 Å². The lowest BCUT2D eigenvalue weighted by Gasteiger charge is -2.09. The second kappa shape index (κ2) is 14.4. The van der Waals surface area contributed by atoms with Crippen LogP contribution in [0.3, 0.4) is 0 Å². The van der Waals surface area contributed by atoms with Crippen LogP contribution in [0.2, 0.25) is 0 Å². The summed E-state index contributed by atoms with van der Waals surface area (Å²) in [7, 11) is 4.41. The minimum absolute atomic E-state index is 0. The second-order valence-electron chi connectivity index (χ2n) is 8.38. The average molecular weight is 501 g/mol. The lowest BCUT2D eigenvalue weighted by Crippen LogP contribution is -3.00. The van der Waals surface area contributed by atoms with E-state index in [2.05, 4.69) is 54.4 Å². The number of aliphatic hydroxyl groups excluding tert-OH is 1. The highest BCUT2D eigenvalue weighted by atomic mass is 127. The lowest BCUT2D eigenvalue weighted by atomic mass is 9.98. The zero-order valence-electron chi connectivity index (χ0n) is 18.3. The Morgan fingerprint density at radius 2 is 1.43 bits per heavy atom. The van der Waals surface area contributed by atoms with Gasteiger partial charge in [0.05, 0.1) is 20.5 Å². The highest BCUT2D eigenvalue weighted by Gasteiger charge is 2.21. The number of aryl methyl sites for hydroxylation is 2. The molecule has 0 saturated heterocycles. The molecule has 1 aromatic carbocycles. The number of aromatic nitrogens is 2. The van der Waals surface area contributed by atoms with Gasteiger partial charge in [0, 0.05) is 6.61 Å². The van der Waals surface area contributed by atoms with Crippen LogP contribution in [-0.4, -0.2) is 16.3 Å². The molecular weight excluding hydrogens is 459 g/mol. The maximum atomic E-state index is 8.77. The normalized spacial score (nSPS) is 12.3. The number of benzene rings is 1. The summed E-state index contributed by atoms with van der Waals surface area (Å²) >= 11 is 0. The lowest BCUT2D eigenvalue weighted by molar-refractivity contribution is -0.654. The number of halogens is 1. The highest BCUT2D eigenvalue weighted by Crippen LogP contribution is 2.19. The fraction of sp³-hybridized carbons (Fsp3) is 0.708. The standard InChI is InChI=1S/C24H41N2O.HI/c1-21(16-12-10-8-6-4-5-7-9-11-15-19-27)20-24-25(2)22-17-13-14-18-23(22)26(24)3;/h13-14,17-18,21,27H,4-12,15-16,19-20H2,1-3H3;1H/q+1;/p-1. The molecule has 0 saturated carbocycles. The Balaban J connectivity index is 0.00000392. The van der Waals surface area contributed by atoms with Crippen LogP contribution >= 0.6 is 0 Å². The van der Waals surface area contributed by atoms with E-state index in [1.807, 2.05) is 0 Å². The van der Waals surface area contributed by atoms with E-state index in [4.69, 9.17) is 5.11 Å². The van der Waals surface area contributed by atoms with E-state index in [0.29, 0.717) is 6.61 Å². The van der Waals surface area contributed by atoms with Crippen molar-refractivity contribution in [2.75, 3.05) is 6.61 Å². The first-order chi connectivity index (χ1) is 13.1. The molecule has 0 aliphatic carbocycles. The second-order valence-corrected chi connectivity index (χ2v) is 8.38. The third-order valence-corrected chi connectivity index (χ3v) is 6.01. The van der Waals surface area contributed by atoms with Gasteiger partial charge in [0.25, 0.3) is 5.82 Å². The van der Waals surface area contributed by atoms with Crippen molar-refractivity contribution in [3.8, 4) is 0 Å². The van der Waals surface area contributed by atoms with Gasteiger partial charge in [-0.3, -0.25) is 0 Å². The minimum atomic E-state index is 0. The molecule has 0 bridgehead atoms. The number of rotatable bonds is 14. The molecule has 2 rings (SSSR count). The van der Waals surface area contributed by atoms with Crippen LogP contribution in [0.4, 0.5) is 0 Å². The van der Waals surface area contributed by atoms with Crippen LogP contribution < -0.4 is 28.5 Å². The van der Waals surface area contributed by atoms with Crippen molar-refractivity contribution >= 4 is 11.0 Å². The molecule has 0 fully saturated rings. The molecule has 0 amide bonds. The molecule has 3 nitrogen and oxygen atoms in total. The average Bonchev–Trinajstić information content (AvgIpc) is 2.91. The first-order valence-corrected chi connectivity index (χ1v) is 11.2. The van der Waals surface area contributed by atoms with Crippen molar-refractivity contribution in [1.29, 1.82) is 0 Å². The van der Waals surface area contributed by atoms with E-state index in [-0.39, 0.29) is 24.0 Å². The quantitative estimate of drug-likeness (QED) is 0.241. The van der Waals surface area contributed by atoms with E-state index in [1.165, 1.54) is 81.1 Å². The van der Waals surface area contributed by atoms with Crippen LogP contribution in [0.25, 0.3) is 11.0 Å². The van der Waals surface area contributed by atoms with Gasteiger partial charge in [-0.05, 0) is 24.5 Å². The zero-order chi connectivity index (χ0) is 19.5. The topological polar surface area (TPSA) is 29.0 Å². The zero-order valence-corrected chi connectivity index (χ0v) is 20.5. The highest BCUT2D eigenvalue weighted by molar-refractivity contribution is 5.72. The number of fused-ring (bicyclic) bond motifs is 1. The number of nitrogens with zero attached hydrogens (tertiary/aromatic N) is 2. The van der Waals surface area contributed by atoms with Gasteiger partial charge in [-0.2, -0.15) is 0 Å². The largest absolute Gasteiger partial charge is 1.00 e. The van der Waals surface area contributed by atoms with Crippen LogP contribution in [0.15, 0.2) is 24.3 Å². The van der Waals surface area contributed by atoms with E-state index in [9.17, 15) is 0 Å². The third-order valence-electron chi connectivity index (χ3n) is 6.01. The Kier molecular flexibility index (Phi) is 13.0. The van der Waals surface area contributed by atoms with Crippen LogP contribution in [0.1, 0.15) is 83.4 Å². The van der Waals surface area contributed by atoms with Gasteiger partial charge in [-0.25, -0.2) is 9.13 Å². The van der Waals surface area contributed by atoms with E-state index in [0.717, 1.165) is 18.8 Å². The number of para-hydroxylation sites is 2. The summed E-state index contributed by atoms with van der Waals surface area (Å²) in [6, 6.07) is 8.70. The summed E-state index contributed by atoms with van der Waals surface area (Å²) in [5.74, 6) is 2.18. The first kappa shape index (κ1) is 25.4. The van der Waals surface area contributed by atoms with Crippen molar-refractivity contribution in [2.45, 2.75) is 84.0 Å². The molecule has 0 spiro atoms. The Morgan fingerprint density at radius 1 is 0.893 bits per heavy atom. The summed E-state index contributed by atoms with van der Waals surface area (Å²) in [6.45, 7) is 2.77. The molecule has 1 atom stereocenters. The van der Waals surface area contributed by atoms with Crippen molar-refractivity contribution in [2.24, 2.45) is 20.0 Å². The summed E-state index contributed by atoms with van der Waals surface area (Å²) in [6.07, 6.45) is 15.6. The molecule has 2 aromatic rings. The van der Waals surface area contributed by atoms with E-state index in [1.54, 1.807) is 0 Å². The smallest absolute Gasteiger partial charge is 0.257 e. The number of aliphatic hydroxyl groups is 1. The summed E-state index contributed by atoms with van der Waals surface area (Å²) in [4.78, 5) is 0. The van der Waals surface area contributed by atoms with Crippen molar-refractivity contribution in [1.82, 2.24) is 4.57 Å². The van der Waals surface area contributed by atoms with Crippen LogP contribution in [0.5, 0.6) is 0 Å². The van der Waals surface area contributed by atoms with Gasteiger partial charge in [0.2, 0.25) is 0 Å². The Hall–Kier alpha value is -0.620. The van der Waals surface area contributed by atoms with Crippen molar-refractivity contribution in [3.63, 3.8) is 0 Å². The van der Waals surface area contributed by atoms with Gasteiger partial charge in [-0.15, -0.1) is 0 Å². The van der Waals surface area contributed by atoms with Crippen molar-refractivity contribution in [3.05, 3.63) is 30.1 Å². The molecule has 1 heterocycles. The van der Waals surface area contributed by atoms with Gasteiger partial charge in [0.1, 0.15) is 0 Å². The molecular formula is C24H41IN2O. The fourth-order valence-corrected chi connectivity index (χ4v) is 4.24. The van der Waals surface area contributed by atoms with Crippen LogP contribution in [0, 0.1) is 5.92 Å². The monoisotopic (exact) mass is 500 g/mol. The molecule has 1 unspecified atom stereocenters. The van der Waals surface area contributed by atoms with E-state index >= 15 is 0 Å². The molecule has 0 aliphatic rings. The minimum Gasteiger partial charge on any atom is -1.00 e. The summed E-state index contributed by atoms with van der Waals surface area (Å²) in [5, 5.41) is 8.77. The van der Waals surface area contributed by atoms with Gasteiger partial charge in [-0.1, -0.05) is 83.3 Å². The summed E-state index contributed by atoms with van der Waals surface area (Å²) < 4.78 is 4.73. The molecule has 1 N–H and O–H groups in total. The van der Waals surface area contributed by atoms with E-state index < -0.39 is 0 Å². The maximum absolute atomic E-state index is 8.77. The fourth-order valence-electron chi connectivity index (χ4n) is 4.24. The van der Waals surface area contributed by atoms with Gasteiger partial charge >= 0.3 is 0 Å². The molecule has 28 heavy (non-hydrogen) atoms. The Morgan fingerprint density at radius 3 is 2.00 bits per heavy atom. The van der Waals surface area contributed by atoms with Gasteiger partial charge < -0.3 is 29.1 Å². The Bertz CT molecular complexity index is 629. The summed E-state index contributed by atoms with van der Waals surface area (Å²) in [5.41, 5.74) is 2.66. The molecule has 160 valence electrons. The predicted molar refractivity (Wildman–Crippen MR) is 115 cm³/mol. The number of hydrogen-bond acceptors (Lipinski definition) is 1. The maximum Gasteiger partial charge on any atom is 0.257 e. The molecule has 0 radical (unpaired) electrons. The molecule has 1 aromatic heterocycles. The SMILES string of the molecule is CC(CCCCCCCCCCCCO)Cc1n(C)c2ccccc2[n+]1C.[I-]. The van der Waals surface area contributed by atoms with Gasteiger partial charge in [0.15, 0.2) is 11.0 Å².